The fourth-order valence-corrected chi connectivity index (χ4v) is 5.04. The molecule has 0 aliphatic rings. The molecule has 0 aliphatic carbocycles. The second-order valence-corrected chi connectivity index (χ2v) is 8.80. The zero-order valence-corrected chi connectivity index (χ0v) is 20.4. The Hall–Kier alpha value is -2.16. The monoisotopic (exact) mass is 454 g/mol. The average Bonchev–Trinajstić information content (AvgIpc) is 2.77. The number of halogens is 2. The Balaban J connectivity index is 2.38. The standard InChI is InChI=1S/C27H32Cl2N2/c1-5-16-12-20(13-17(6-2)26(16)30)24(25-22(28)10-9-11-23(25)29)21-14-18(7-3)27(31)19(8-4)15-21/h9-15,24H,5-8,30-31H2,1-4H3. The number of hydrogen-bond donors (Lipinski definition) is 2. The molecule has 3 aromatic carbocycles. The van der Waals surface area contributed by atoms with Crippen LogP contribution in [0.3, 0.4) is 0 Å². The van der Waals surface area contributed by atoms with E-state index >= 15 is 0 Å². The molecular weight excluding hydrogens is 423 g/mol. The maximum absolute atomic E-state index is 6.75. The van der Waals surface area contributed by atoms with Gasteiger partial charge in [-0.15, -0.1) is 0 Å². The maximum atomic E-state index is 6.75. The van der Waals surface area contributed by atoms with Crippen molar-refractivity contribution < 1.29 is 0 Å². The van der Waals surface area contributed by atoms with E-state index in [9.17, 15) is 0 Å². The van der Waals surface area contributed by atoms with Gasteiger partial charge in [0.15, 0.2) is 0 Å². The van der Waals surface area contributed by atoms with Gasteiger partial charge in [-0.1, -0.05) is 81.2 Å². The van der Waals surface area contributed by atoms with E-state index in [-0.39, 0.29) is 5.92 Å². The Morgan fingerprint density at radius 2 is 0.968 bits per heavy atom. The minimum absolute atomic E-state index is 0.103. The number of hydrogen-bond acceptors (Lipinski definition) is 2. The summed E-state index contributed by atoms with van der Waals surface area (Å²) in [5, 5.41) is 1.33. The van der Waals surface area contributed by atoms with Gasteiger partial charge < -0.3 is 11.5 Å². The molecule has 0 unspecified atom stereocenters. The minimum atomic E-state index is -0.103. The first kappa shape index (κ1) is 23.5. The molecular formula is C27H32Cl2N2. The summed E-state index contributed by atoms with van der Waals surface area (Å²) in [7, 11) is 0. The van der Waals surface area contributed by atoms with Crippen molar-refractivity contribution in [1.29, 1.82) is 0 Å². The van der Waals surface area contributed by atoms with E-state index in [4.69, 9.17) is 34.7 Å². The average molecular weight is 455 g/mol. The van der Waals surface area contributed by atoms with Gasteiger partial charge in [0.1, 0.15) is 0 Å². The molecule has 0 heterocycles. The predicted molar refractivity (Wildman–Crippen MR) is 137 cm³/mol. The Kier molecular flexibility index (Phi) is 7.56. The van der Waals surface area contributed by atoms with Crippen LogP contribution in [0.5, 0.6) is 0 Å². The fraction of sp³-hybridized carbons (Fsp3) is 0.333. The van der Waals surface area contributed by atoms with Gasteiger partial charge in [0.05, 0.1) is 0 Å². The van der Waals surface area contributed by atoms with Crippen molar-refractivity contribution in [3.05, 3.63) is 91.5 Å². The maximum Gasteiger partial charge on any atom is 0.0462 e. The molecule has 2 nitrogen and oxygen atoms in total. The summed E-state index contributed by atoms with van der Waals surface area (Å²) in [6, 6.07) is 14.6. The normalized spacial score (nSPS) is 11.3. The van der Waals surface area contributed by atoms with Crippen LogP contribution in [0.25, 0.3) is 0 Å². The highest BCUT2D eigenvalue weighted by Gasteiger charge is 2.25. The van der Waals surface area contributed by atoms with Crippen molar-refractivity contribution in [1.82, 2.24) is 0 Å². The highest BCUT2D eigenvalue weighted by atomic mass is 35.5. The van der Waals surface area contributed by atoms with Crippen LogP contribution in [0.2, 0.25) is 10.0 Å². The number of rotatable bonds is 7. The molecule has 0 atom stereocenters. The van der Waals surface area contributed by atoms with Crippen molar-refractivity contribution in [3.8, 4) is 0 Å². The fourth-order valence-electron chi connectivity index (χ4n) is 4.43. The molecule has 0 fully saturated rings. The number of aryl methyl sites for hydroxylation is 4. The largest absolute Gasteiger partial charge is 0.398 e. The topological polar surface area (TPSA) is 52.0 Å². The number of benzene rings is 3. The van der Waals surface area contributed by atoms with E-state index in [0.717, 1.165) is 76.0 Å². The molecule has 4 heteroatoms. The van der Waals surface area contributed by atoms with Crippen LogP contribution in [0, 0.1) is 0 Å². The van der Waals surface area contributed by atoms with E-state index in [1.54, 1.807) is 0 Å². The third-order valence-electron chi connectivity index (χ3n) is 6.23. The lowest BCUT2D eigenvalue weighted by Gasteiger charge is -2.25. The van der Waals surface area contributed by atoms with Crippen molar-refractivity contribution >= 4 is 34.6 Å². The van der Waals surface area contributed by atoms with E-state index in [0.29, 0.717) is 10.0 Å². The van der Waals surface area contributed by atoms with Gasteiger partial charge in [-0.2, -0.15) is 0 Å². The van der Waals surface area contributed by atoms with E-state index in [1.807, 2.05) is 18.2 Å². The highest BCUT2D eigenvalue weighted by Crippen LogP contribution is 2.43. The first-order valence-electron chi connectivity index (χ1n) is 11.1. The third-order valence-corrected chi connectivity index (χ3v) is 6.89. The molecule has 0 aliphatic heterocycles. The molecule has 0 aromatic heterocycles. The highest BCUT2D eigenvalue weighted by molar-refractivity contribution is 6.36. The Morgan fingerprint density at radius 3 is 1.26 bits per heavy atom. The van der Waals surface area contributed by atoms with Crippen LogP contribution in [0.4, 0.5) is 11.4 Å². The smallest absolute Gasteiger partial charge is 0.0462 e. The van der Waals surface area contributed by atoms with Gasteiger partial charge in [-0.25, -0.2) is 0 Å². The Bertz CT molecular complexity index is 957. The summed E-state index contributed by atoms with van der Waals surface area (Å²) in [6.07, 6.45) is 3.49. The number of nitrogens with two attached hydrogens (primary N) is 2. The summed E-state index contributed by atoms with van der Waals surface area (Å²) >= 11 is 13.5. The quantitative estimate of drug-likeness (QED) is 0.285. The summed E-state index contributed by atoms with van der Waals surface area (Å²) in [5.74, 6) is -0.103. The molecule has 4 N–H and O–H groups in total. The van der Waals surface area contributed by atoms with Gasteiger partial charge in [0.25, 0.3) is 0 Å². The lowest BCUT2D eigenvalue weighted by molar-refractivity contribution is 0.943. The molecule has 0 radical (unpaired) electrons. The van der Waals surface area contributed by atoms with Crippen molar-refractivity contribution in [2.24, 2.45) is 0 Å². The van der Waals surface area contributed by atoms with Crippen molar-refractivity contribution in [2.45, 2.75) is 59.3 Å². The molecule has 3 aromatic rings. The molecule has 0 saturated carbocycles. The molecule has 3 rings (SSSR count). The van der Waals surface area contributed by atoms with Gasteiger partial charge in [-0.3, -0.25) is 0 Å². The molecule has 0 amide bonds. The predicted octanol–water partition coefficient (Wildman–Crippen LogP) is 7.59. The molecule has 164 valence electrons. The zero-order chi connectivity index (χ0) is 22.7. The molecule has 0 spiro atoms. The van der Waals surface area contributed by atoms with Gasteiger partial charge in [0.2, 0.25) is 0 Å². The first-order chi connectivity index (χ1) is 14.9. The molecule has 0 bridgehead atoms. The zero-order valence-electron chi connectivity index (χ0n) is 18.9. The Morgan fingerprint density at radius 1 is 0.645 bits per heavy atom. The lowest BCUT2D eigenvalue weighted by Crippen LogP contribution is -2.11. The van der Waals surface area contributed by atoms with Crippen LogP contribution in [0.1, 0.15) is 72.6 Å². The lowest BCUT2D eigenvalue weighted by atomic mass is 9.81. The van der Waals surface area contributed by atoms with Crippen LogP contribution in [-0.4, -0.2) is 0 Å². The minimum Gasteiger partial charge on any atom is -0.398 e. The van der Waals surface area contributed by atoms with E-state index in [2.05, 4.69) is 52.0 Å². The van der Waals surface area contributed by atoms with Gasteiger partial charge in [-0.05, 0) is 71.2 Å². The van der Waals surface area contributed by atoms with Crippen LogP contribution in [-0.2, 0) is 25.7 Å². The molecule has 0 saturated heterocycles. The van der Waals surface area contributed by atoms with Gasteiger partial charge in [0, 0.05) is 32.9 Å². The molecule has 31 heavy (non-hydrogen) atoms. The van der Waals surface area contributed by atoms with Crippen molar-refractivity contribution in [2.75, 3.05) is 11.5 Å². The Labute approximate surface area is 196 Å². The van der Waals surface area contributed by atoms with Gasteiger partial charge >= 0.3 is 0 Å². The van der Waals surface area contributed by atoms with Crippen LogP contribution in [0.15, 0.2) is 42.5 Å². The van der Waals surface area contributed by atoms with E-state index in [1.165, 1.54) is 0 Å². The summed E-state index contributed by atoms with van der Waals surface area (Å²) in [4.78, 5) is 0. The summed E-state index contributed by atoms with van der Waals surface area (Å²) in [5.41, 5.74) is 22.6. The van der Waals surface area contributed by atoms with Crippen LogP contribution >= 0.6 is 23.2 Å². The van der Waals surface area contributed by atoms with E-state index < -0.39 is 0 Å². The SMILES string of the molecule is CCc1cc(C(c2cc(CC)c(N)c(CC)c2)c2c(Cl)cccc2Cl)cc(CC)c1N. The van der Waals surface area contributed by atoms with Crippen molar-refractivity contribution in [3.63, 3.8) is 0 Å². The summed E-state index contributed by atoms with van der Waals surface area (Å²) in [6.45, 7) is 8.56. The first-order valence-corrected chi connectivity index (χ1v) is 11.9. The van der Waals surface area contributed by atoms with Crippen LogP contribution < -0.4 is 11.5 Å². The third kappa shape index (κ3) is 4.56. The number of nitrogen functional groups attached to an aromatic ring is 2. The number of anilines is 2. The summed E-state index contributed by atoms with van der Waals surface area (Å²) < 4.78 is 0. The second kappa shape index (κ2) is 9.97. The second-order valence-electron chi connectivity index (χ2n) is 7.99.